The van der Waals surface area contributed by atoms with E-state index in [0.717, 1.165) is 73.2 Å². The molecule has 0 spiro atoms. The number of carbonyl (C=O) groups is 3. The van der Waals surface area contributed by atoms with Crippen molar-refractivity contribution >= 4 is 44.3 Å². The van der Waals surface area contributed by atoms with Crippen LogP contribution >= 0.6 is 0 Å². The van der Waals surface area contributed by atoms with Crippen LogP contribution in [-0.4, -0.2) is 121 Å². The van der Waals surface area contributed by atoms with Crippen molar-refractivity contribution in [1.82, 2.24) is 4.90 Å². The number of anilines is 1. The number of carbonyl (C=O) groups excluding carboxylic acids is 2. The maximum absolute atomic E-state index is 14.3. The second-order valence-corrected chi connectivity index (χ2v) is 17.0. The van der Waals surface area contributed by atoms with Crippen LogP contribution in [0.2, 0.25) is 0 Å². The summed E-state index contributed by atoms with van der Waals surface area (Å²) < 4.78 is 37.3. The first-order valence-electron chi connectivity index (χ1n) is 17.8. The molecule has 268 valence electrons. The standard InChI is InChI=1S/C38H43N4O8S/c1-24-29(36(40-35(24)33(25(2)43)37(40)46)38(47)50-23-26-7-4-3-5-8-26)21-39-30-10-6-9-28-27(11-12-31(34(28)30)51(39,48)49)13-14-41-15-18-42(19-16-41,20-17-41)22-32(44)45/h3-12,24-25,33,35,43H,13-23H2,1-2H3/q+1/p+1/t24-,25+,33?,35?,41?,42?/m0/s1. The number of esters is 1. The molecule has 13 heteroatoms. The number of aliphatic carboxylic acids is 1. The molecule has 0 aromatic heterocycles. The minimum absolute atomic E-state index is 0.00473. The van der Waals surface area contributed by atoms with Crippen LogP contribution in [0.25, 0.3) is 10.8 Å². The number of hydrogen-bond acceptors (Lipinski definition) is 7. The molecule has 4 fully saturated rings. The number of benzene rings is 3. The largest absolute Gasteiger partial charge is 0.477 e. The molecule has 6 heterocycles. The minimum atomic E-state index is -4.01. The van der Waals surface area contributed by atoms with Crippen LogP contribution in [0.15, 0.2) is 76.8 Å². The van der Waals surface area contributed by atoms with Gasteiger partial charge < -0.3 is 28.8 Å². The maximum atomic E-state index is 14.3. The van der Waals surface area contributed by atoms with Gasteiger partial charge in [0.05, 0.1) is 41.7 Å². The first-order chi connectivity index (χ1) is 24.3. The number of aliphatic hydroxyl groups is 1. The fourth-order valence-electron chi connectivity index (χ4n) is 9.42. The van der Waals surface area contributed by atoms with Gasteiger partial charge in [-0.1, -0.05) is 55.5 Å². The average Bonchev–Trinajstić information content (AvgIpc) is 3.48. The zero-order chi connectivity index (χ0) is 35.9. The number of piperazine rings is 3. The molecule has 0 aliphatic carbocycles. The lowest BCUT2D eigenvalue weighted by atomic mass is 9.78. The number of carboxylic acids is 1. The van der Waals surface area contributed by atoms with E-state index in [9.17, 15) is 33.0 Å². The van der Waals surface area contributed by atoms with E-state index in [4.69, 9.17) is 4.74 Å². The molecule has 2 N–H and O–H groups in total. The Kier molecular flexibility index (Phi) is 8.06. The number of carboxylic acid groups (broad SMARTS) is 1. The number of aliphatic hydroxyl groups excluding tert-OH is 1. The number of sulfonamides is 1. The van der Waals surface area contributed by atoms with Crippen LogP contribution in [0.5, 0.6) is 0 Å². The summed E-state index contributed by atoms with van der Waals surface area (Å²) in [5.74, 6) is -2.91. The van der Waals surface area contributed by atoms with E-state index in [1.54, 1.807) is 19.1 Å². The molecular weight excluding hydrogens is 673 g/mol. The van der Waals surface area contributed by atoms with Gasteiger partial charge in [0.2, 0.25) is 5.91 Å². The van der Waals surface area contributed by atoms with Crippen molar-refractivity contribution in [3.05, 3.63) is 83.1 Å². The lowest BCUT2D eigenvalue weighted by molar-refractivity contribution is -1.08. The molecule has 0 saturated carbocycles. The van der Waals surface area contributed by atoms with Gasteiger partial charge in [-0.3, -0.25) is 9.10 Å². The molecule has 4 atom stereocenters. The number of nitrogens with zero attached hydrogens (tertiary/aromatic N) is 4. The Balaban J connectivity index is 1.09. The van der Waals surface area contributed by atoms with E-state index in [1.807, 2.05) is 55.5 Å². The first kappa shape index (κ1) is 33.8. The van der Waals surface area contributed by atoms with E-state index in [1.165, 1.54) is 9.21 Å². The van der Waals surface area contributed by atoms with Gasteiger partial charge in [0, 0.05) is 17.7 Å². The molecule has 4 saturated heterocycles. The highest BCUT2D eigenvalue weighted by molar-refractivity contribution is 7.93. The number of β-lactam (4-membered cyclic amide) rings is 1. The first-order valence-corrected chi connectivity index (χ1v) is 19.2. The van der Waals surface area contributed by atoms with E-state index >= 15 is 0 Å². The quantitative estimate of drug-likeness (QED) is 0.175. The summed E-state index contributed by atoms with van der Waals surface area (Å²) >= 11 is 0. The average molecular weight is 717 g/mol. The van der Waals surface area contributed by atoms with Crippen LogP contribution in [-0.2, 0) is 42.2 Å². The minimum Gasteiger partial charge on any atom is -0.477 e. The molecule has 6 aliphatic rings. The number of hydrogen-bond donors (Lipinski definition) is 2. The normalized spacial score (nSPS) is 29.3. The molecule has 9 rings (SSSR count). The summed E-state index contributed by atoms with van der Waals surface area (Å²) in [4.78, 5) is 40.2. The topological polar surface area (TPSA) is 142 Å². The number of amides is 1. The highest BCUT2D eigenvalue weighted by atomic mass is 32.2. The Hall–Kier alpha value is -4.30. The molecule has 51 heavy (non-hydrogen) atoms. The highest BCUT2D eigenvalue weighted by Gasteiger charge is 2.60. The Morgan fingerprint density at radius 2 is 1.65 bits per heavy atom. The van der Waals surface area contributed by atoms with Crippen LogP contribution in [0.3, 0.4) is 0 Å². The lowest BCUT2D eigenvalue weighted by Crippen LogP contribution is -2.75. The van der Waals surface area contributed by atoms with Crippen LogP contribution < -0.4 is 4.31 Å². The van der Waals surface area contributed by atoms with Crippen molar-refractivity contribution in [2.75, 3.05) is 63.2 Å². The molecule has 12 nitrogen and oxygen atoms in total. The third kappa shape index (κ3) is 5.35. The van der Waals surface area contributed by atoms with E-state index in [2.05, 4.69) is 0 Å². The van der Waals surface area contributed by atoms with Crippen LogP contribution in [0.1, 0.15) is 25.0 Å². The molecule has 0 radical (unpaired) electrons. The van der Waals surface area contributed by atoms with Gasteiger partial charge in [-0.25, -0.2) is 18.0 Å². The van der Waals surface area contributed by atoms with Gasteiger partial charge in [-0.15, -0.1) is 0 Å². The summed E-state index contributed by atoms with van der Waals surface area (Å²) in [6.07, 6.45) is -0.168. The molecule has 6 aliphatic heterocycles. The summed E-state index contributed by atoms with van der Waals surface area (Å²) in [6.45, 7) is 9.79. The lowest BCUT2D eigenvalue weighted by Gasteiger charge is -2.55. The van der Waals surface area contributed by atoms with E-state index in [0.29, 0.717) is 21.1 Å². The number of ether oxygens (including phenoxy) is 1. The molecule has 2 bridgehead atoms. The predicted molar refractivity (Wildman–Crippen MR) is 188 cm³/mol. The fraction of sp³-hybridized carbons (Fsp3) is 0.447. The Bertz CT molecular complexity index is 2070. The zero-order valence-corrected chi connectivity index (χ0v) is 29.7. The number of rotatable bonds is 11. The second kappa shape index (κ2) is 12.1. The van der Waals surface area contributed by atoms with Crippen molar-refractivity contribution in [2.24, 2.45) is 11.8 Å². The molecule has 3 aromatic carbocycles. The fourth-order valence-corrected chi connectivity index (χ4v) is 11.1. The molecule has 1 amide bonds. The van der Waals surface area contributed by atoms with Gasteiger partial charge in [0.25, 0.3) is 10.0 Å². The van der Waals surface area contributed by atoms with Crippen molar-refractivity contribution in [3.8, 4) is 0 Å². The van der Waals surface area contributed by atoms with E-state index in [-0.39, 0.29) is 36.2 Å². The third-order valence-electron chi connectivity index (χ3n) is 12.4. The second-order valence-electron chi connectivity index (χ2n) is 15.2. The van der Waals surface area contributed by atoms with Crippen molar-refractivity contribution in [2.45, 2.75) is 43.9 Å². The van der Waals surface area contributed by atoms with Gasteiger partial charge in [0.15, 0.2) is 6.54 Å². The summed E-state index contributed by atoms with van der Waals surface area (Å²) in [5.41, 5.74) is 2.94. The Morgan fingerprint density at radius 3 is 2.31 bits per heavy atom. The molecular formula is C38H44N4O8S+2. The third-order valence-corrected chi connectivity index (χ3v) is 14.2. The summed E-state index contributed by atoms with van der Waals surface area (Å²) in [6, 6.07) is 18.0. The van der Waals surface area contributed by atoms with Gasteiger partial charge in [0.1, 0.15) is 51.6 Å². The van der Waals surface area contributed by atoms with Gasteiger partial charge in [-0.05, 0) is 41.1 Å². The van der Waals surface area contributed by atoms with Crippen molar-refractivity contribution in [1.29, 1.82) is 0 Å². The number of fused-ring (bicyclic) bond motifs is 4. The van der Waals surface area contributed by atoms with E-state index < -0.39 is 45.9 Å². The van der Waals surface area contributed by atoms with Gasteiger partial charge in [-0.2, -0.15) is 0 Å². The Morgan fingerprint density at radius 1 is 0.961 bits per heavy atom. The van der Waals surface area contributed by atoms with Crippen molar-refractivity contribution < 1.29 is 46.7 Å². The highest BCUT2D eigenvalue weighted by Crippen LogP contribution is 2.50. The van der Waals surface area contributed by atoms with Crippen LogP contribution in [0, 0.1) is 11.8 Å². The predicted octanol–water partition coefficient (Wildman–Crippen LogP) is 2.49. The van der Waals surface area contributed by atoms with Crippen LogP contribution in [0.4, 0.5) is 5.69 Å². The molecule has 3 aromatic rings. The Labute approximate surface area is 297 Å². The van der Waals surface area contributed by atoms with Gasteiger partial charge >= 0.3 is 11.9 Å². The maximum Gasteiger partial charge on any atom is 0.359 e. The molecule has 2 unspecified atom stereocenters. The number of quaternary nitrogens is 2. The monoisotopic (exact) mass is 716 g/mol. The smallest absolute Gasteiger partial charge is 0.359 e. The zero-order valence-electron chi connectivity index (χ0n) is 28.9. The summed E-state index contributed by atoms with van der Waals surface area (Å²) in [7, 11) is -4.01. The SMILES string of the molecule is C[C@@H](O)C1C(=O)N2C(C(=O)OCc3ccccc3)=C(CN3c4cccc5c(CC[N+]67CC[N+](CC(=O)O)(CC6)CC7)ccc(c45)S3(=O)=O)[C@H](C)C12. The summed E-state index contributed by atoms with van der Waals surface area (Å²) in [5, 5.41) is 21.5. The van der Waals surface area contributed by atoms with Crippen molar-refractivity contribution in [3.63, 3.8) is 0 Å².